The summed E-state index contributed by atoms with van der Waals surface area (Å²) >= 11 is 8.41. The van der Waals surface area contributed by atoms with Crippen LogP contribution in [-0.2, 0) is 0 Å². The number of nitrogens with one attached hydrogen (secondary N) is 1. The SMILES string of the molecule is Cc1n[nH]c(=S)n1/N=C/c1ccc(Br)cc1. The van der Waals surface area contributed by atoms with E-state index in [1.807, 2.05) is 31.2 Å². The van der Waals surface area contributed by atoms with Crippen LogP contribution in [0.5, 0.6) is 0 Å². The van der Waals surface area contributed by atoms with Crippen molar-refractivity contribution in [3.05, 3.63) is 44.9 Å². The molecule has 1 aromatic heterocycles. The van der Waals surface area contributed by atoms with Gasteiger partial charge in [0.15, 0.2) is 0 Å². The van der Waals surface area contributed by atoms with Crippen molar-refractivity contribution < 1.29 is 0 Å². The zero-order valence-electron chi connectivity index (χ0n) is 8.51. The molecule has 0 unspecified atom stereocenters. The van der Waals surface area contributed by atoms with Crippen molar-refractivity contribution in [2.75, 3.05) is 0 Å². The lowest BCUT2D eigenvalue weighted by atomic mass is 10.2. The molecular weight excluding hydrogens is 288 g/mol. The van der Waals surface area contributed by atoms with E-state index in [1.54, 1.807) is 10.9 Å². The van der Waals surface area contributed by atoms with E-state index in [-0.39, 0.29) is 0 Å². The van der Waals surface area contributed by atoms with Crippen LogP contribution in [0.25, 0.3) is 0 Å². The number of hydrogen-bond donors (Lipinski definition) is 1. The van der Waals surface area contributed by atoms with Crippen LogP contribution in [-0.4, -0.2) is 21.1 Å². The Kier molecular flexibility index (Phi) is 3.31. The first kappa shape index (κ1) is 11.2. The Morgan fingerprint density at radius 2 is 2.12 bits per heavy atom. The van der Waals surface area contributed by atoms with Gasteiger partial charge >= 0.3 is 0 Å². The summed E-state index contributed by atoms with van der Waals surface area (Å²) in [4.78, 5) is 0. The molecule has 0 spiro atoms. The van der Waals surface area contributed by atoms with Gasteiger partial charge in [-0.15, -0.1) is 0 Å². The molecule has 0 aliphatic heterocycles. The molecule has 0 aliphatic carbocycles. The Labute approximate surface area is 106 Å². The fraction of sp³-hybridized carbons (Fsp3) is 0.100. The van der Waals surface area contributed by atoms with Crippen molar-refractivity contribution in [1.29, 1.82) is 0 Å². The van der Waals surface area contributed by atoms with Crippen LogP contribution in [0.3, 0.4) is 0 Å². The fourth-order valence-electron chi connectivity index (χ4n) is 1.18. The standard InChI is InChI=1S/C10H9BrN4S/c1-7-13-14-10(16)15(7)12-6-8-2-4-9(11)5-3-8/h2-6H,1H3,(H,14,16)/b12-6+. The number of benzene rings is 1. The van der Waals surface area contributed by atoms with Gasteiger partial charge in [0, 0.05) is 4.47 Å². The first-order valence-corrected chi connectivity index (χ1v) is 5.81. The van der Waals surface area contributed by atoms with Crippen molar-refractivity contribution in [3.8, 4) is 0 Å². The van der Waals surface area contributed by atoms with E-state index in [9.17, 15) is 0 Å². The van der Waals surface area contributed by atoms with Crippen molar-refractivity contribution >= 4 is 34.4 Å². The summed E-state index contributed by atoms with van der Waals surface area (Å²) in [6, 6.07) is 7.85. The number of hydrogen-bond acceptors (Lipinski definition) is 3. The highest BCUT2D eigenvalue weighted by Gasteiger charge is 1.96. The van der Waals surface area contributed by atoms with Crippen molar-refractivity contribution in [3.63, 3.8) is 0 Å². The second-order valence-electron chi connectivity index (χ2n) is 3.18. The number of rotatable bonds is 2. The Hall–Kier alpha value is -1.27. The minimum atomic E-state index is 0.492. The number of aromatic amines is 1. The van der Waals surface area contributed by atoms with Crippen molar-refractivity contribution in [2.24, 2.45) is 5.10 Å². The zero-order chi connectivity index (χ0) is 11.5. The lowest BCUT2D eigenvalue weighted by Crippen LogP contribution is -1.93. The van der Waals surface area contributed by atoms with Gasteiger partial charge in [0.25, 0.3) is 0 Å². The molecule has 4 nitrogen and oxygen atoms in total. The van der Waals surface area contributed by atoms with Gasteiger partial charge in [0.1, 0.15) is 5.82 Å². The quantitative estimate of drug-likeness (QED) is 0.684. The predicted octanol–water partition coefficient (Wildman–Crippen LogP) is 2.89. The van der Waals surface area contributed by atoms with Crippen molar-refractivity contribution in [1.82, 2.24) is 14.9 Å². The topological polar surface area (TPSA) is 46.0 Å². The number of aryl methyl sites for hydroxylation is 1. The first-order chi connectivity index (χ1) is 7.66. The highest BCUT2D eigenvalue weighted by Crippen LogP contribution is 2.09. The van der Waals surface area contributed by atoms with E-state index in [1.165, 1.54) is 0 Å². The van der Waals surface area contributed by atoms with Crippen LogP contribution in [0.4, 0.5) is 0 Å². The molecule has 82 valence electrons. The maximum absolute atomic E-state index is 5.03. The number of aromatic nitrogens is 3. The number of halogens is 1. The van der Waals surface area contributed by atoms with Gasteiger partial charge in [-0.25, -0.2) is 0 Å². The summed E-state index contributed by atoms with van der Waals surface area (Å²) < 4.78 is 3.11. The van der Waals surface area contributed by atoms with Gasteiger partial charge in [-0.1, -0.05) is 28.1 Å². The number of nitrogens with zero attached hydrogens (tertiary/aromatic N) is 3. The number of H-pyrrole nitrogens is 1. The van der Waals surface area contributed by atoms with Crippen LogP contribution in [0.1, 0.15) is 11.4 Å². The smallest absolute Gasteiger partial charge is 0.216 e. The Bertz CT molecular complexity index is 567. The minimum absolute atomic E-state index is 0.492. The second-order valence-corrected chi connectivity index (χ2v) is 4.49. The molecule has 6 heteroatoms. The molecule has 0 fully saturated rings. The molecule has 1 heterocycles. The molecule has 0 amide bonds. The van der Waals surface area contributed by atoms with Gasteiger partial charge in [0.2, 0.25) is 4.77 Å². The highest BCUT2D eigenvalue weighted by molar-refractivity contribution is 9.10. The third kappa shape index (κ3) is 2.45. The zero-order valence-corrected chi connectivity index (χ0v) is 10.9. The van der Waals surface area contributed by atoms with E-state index in [4.69, 9.17) is 12.2 Å². The predicted molar refractivity (Wildman–Crippen MR) is 69.3 cm³/mol. The Balaban J connectivity index is 2.28. The molecule has 0 saturated heterocycles. The molecular formula is C10H9BrN4S. The summed E-state index contributed by atoms with van der Waals surface area (Å²) in [7, 11) is 0. The molecule has 1 aromatic carbocycles. The van der Waals surface area contributed by atoms with Crippen LogP contribution in [0.2, 0.25) is 0 Å². The highest BCUT2D eigenvalue weighted by atomic mass is 79.9. The summed E-state index contributed by atoms with van der Waals surface area (Å²) in [5.74, 6) is 0.735. The monoisotopic (exact) mass is 296 g/mol. The molecule has 16 heavy (non-hydrogen) atoms. The lowest BCUT2D eigenvalue weighted by Gasteiger charge is -1.95. The van der Waals surface area contributed by atoms with E-state index < -0.39 is 0 Å². The Morgan fingerprint density at radius 3 is 2.69 bits per heavy atom. The fourth-order valence-corrected chi connectivity index (χ4v) is 1.67. The molecule has 0 radical (unpaired) electrons. The van der Waals surface area contributed by atoms with Gasteiger partial charge in [-0.05, 0) is 36.8 Å². The van der Waals surface area contributed by atoms with Crippen LogP contribution in [0.15, 0.2) is 33.8 Å². The largest absolute Gasteiger partial charge is 0.250 e. The average molecular weight is 297 g/mol. The summed E-state index contributed by atoms with van der Waals surface area (Å²) in [5, 5.41) is 10.9. The van der Waals surface area contributed by atoms with Crippen LogP contribution in [0, 0.1) is 11.7 Å². The molecule has 0 atom stereocenters. The minimum Gasteiger partial charge on any atom is -0.250 e. The van der Waals surface area contributed by atoms with Gasteiger partial charge < -0.3 is 0 Å². The van der Waals surface area contributed by atoms with E-state index >= 15 is 0 Å². The average Bonchev–Trinajstić information content (AvgIpc) is 2.59. The third-order valence-corrected chi connectivity index (χ3v) is 2.80. The van der Waals surface area contributed by atoms with Gasteiger partial charge in [0.05, 0.1) is 6.21 Å². The summed E-state index contributed by atoms with van der Waals surface area (Å²) in [6.45, 7) is 1.84. The van der Waals surface area contributed by atoms with E-state index in [0.29, 0.717) is 4.77 Å². The van der Waals surface area contributed by atoms with Crippen LogP contribution < -0.4 is 0 Å². The molecule has 1 N–H and O–H groups in total. The molecule has 0 bridgehead atoms. The first-order valence-electron chi connectivity index (χ1n) is 4.61. The normalized spacial score (nSPS) is 11.1. The van der Waals surface area contributed by atoms with E-state index in [2.05, 4.69) is 31.2 Å². The molecule has 0 saturated carbocycles. The third-order valence-electron chi connectivity index (χ3n) is 2.00. The van der Waals surface area contributed by atoms with Crippen LogP contribution >= 0.6 is 28.1 Å². The summed E-state index contributed by atoms with van der Waals surface area (Å²) in [5.41, 5.74) is 1.01. The second kappa shape index (κ2) is 4.71. The molecule has 0 aliphatic rings. The van der Waals surface area contributed by atoms with E-state index in [0.717, 1.165) is 15.9 Å². The molecule has 2 aromatic rings. The van der Waals surface area contributed by atoms with Crippen molar-refractivity contribution in [2.45, 2.75) is 6.92 Å². The summed E-state index contributed by atoms with van der Waals surface area (Å²) in [6.07, 6.45) is 1.74. The Morgan fingerprint density at radius 1 is 1.44 bits per heavy atom. The van der Waals surface area contributed by atoms with Gasteiger partial charge in [-0.2, -0.15) is 14.9 Å². The van der Waals surface area contributed by atoms with Gasteiger partial charge in [-0.3, -0.25) is 5.10 Å². The maximum atomic E-state index is 5.03. The molecule has 2 rings (SSSR count). The lowest BCUT2D eigenvalue weighted by molar-refractivity contribution is 0.821. The maximum Gasteiger partial charge on any atom is 0.216 e.